The molecule has 0 saturated carbocycles. The van der Waals surface area contributed by atoms with Crippen molar-refractivity contribution in [1.82, 2.24) is 10.3 Å². The molecular weight excluding hydrogens is 283 g/mol. The molecule has 1 aromatic heterocycles. The van der Waals surface area contributed by atoms with Gasteiger partial charge in [0.05, 0.1) is 0 Å². The third kappa shape index (κ3) is 2.74. The first-order chi connectivity index (χ1) is 10.6. The molecule has 0 spiro atoms. The van der Waals surface area contributed by atoms with Gasteiger partial charge in [0.2, 0.25) is 0 Å². The number of carbonyl (C=O) groups excluding carboxylic acids is 1. The second kappa shape index (κ2) is 5.81. The van der Waals surface area contributed by atoms with E-state index in [0.717, 1.165) is 0 Å². The topological polar surface area (TPSA) is 62.0 Å². The summed E-state index contributed by atoms with van der Waals surface area (Å²) >= 11 is 0. The summed E-state index contributed by atoms with van der Waals surface area (Å²) in [6.07, 6.45) is 0. The lowest BCUT2D eigenvalue weighted by molar-refractivity contribution is 0.0945. The lowest BCUT2D eigenvalue weighted by atomic mass is 10.1. The van der Waals surface area contributed by atoms with Gasteiger partial charge in [-0.3, -0.25) is 9.59 Å². The SMILES string of the molecule is O=C(NCc1ccccc1F)c1cc2ccccc2c(=O)[nH]1. The Kier molecular flexibility index (Phi) is 3.70. The Morgan fingerprint density at radius 3 is 2.64 bits per heavy atom. The fourth-order valence-corrected chi connectivity index (χ4v) is 2.25. The van der Waals surface area contributed by atoms with Crippen molar-refractivity contribution < 1.29 is 9.18 Å². The molecule has 3 aromatic rings. The van der Waals surface area contributed by atoms with Crippen LogP contribution in [0.2, 0.25) is 0 Å². The van der Waals surface area contributed by atoms with E-state index in [-0.39, 0.29) is 23.6 Å². The van der Waals surface area contributed by atoms with Crippen LogP contribution in [0.3, 0.4) is 0 Å². The summed E-state index contributed by atoms with van der Waals surface area (Å²) in [7, 11) is 0. The number of fused-ring (bicyclic) bond motifs is 1. The van der Waals surface area contributed by atoms with Gasteiger partial charge in [0, 0.05) is 17.5 Å². The predicted octanol–water partition coefficient (Wildman–Crippen LogP) is 2.60. The van der Waals surface area contributed by atoms with Gasteiger partial charge in [0.25, 0.3) is 11.5 Å². The van der Waals surface area contributed by atoms with Crippen LogP contribution in [0.25, 0.3) is 10.8 Å². The van der Waals surface area contributed by atoms with Crippen molar-refractivity contribution in [2.45, 2.75) is 6.54 Å². The van der Waals surface area contributed by atoms with Crippen LogP contribution >= 0.6 is 0 Å². The summed E-state index contributed by atoms with van der Waals surface area (Å²) in [5.41, 5.74) is 0.216. The Morgan fingerprint density at radius 1 is 1.09 bits per heavy atom. The highest BCUT2D eigenvalue weighted by Gasteiger charge is 2.10. The number of halogens is 1. The molecule has 3 rings (SSSR count). The van der Waals surface area contributed by atoms with Crippen LogP contribution < -0.4 is 10.9 Å². The standard InChI is InChI=1S/C17H13FN2O2/c18-14-8-4-2-6-12(14)10-19-17(22)15-9-11-5-1-3-7-13(11)16(21)20-15/h1-9H,10H2,(H,19,22)(H,20,21). The van der Waals surface area contributed by atoms with E-state index in [0.29, 0.717) is 16.3 Å². The summed E-state index contributed by atoms with van der Waals surface area (Å²) in [6, 6.07) is 14.8. The van der Waals surface area contributed by atoms with Crippen LogP contribution in [0, 0.1) is 5.82 Å². The molecular formula is C17H13FN2O2. The number of benzene rings is 2. The number of nitrogens with one attached hydrogen (secondary N) is 2. The number of aromatic amines is 1. The lowest BCUT2D eigenvalue weighted by Gasteiger charge is -2.07. The van der Waals surface area contributed by atoms with E-state index < -0.39 is 5.91 Å². The molecule has 110 valence electrons. The molecule has 0 radical (unpaired) electrons. The minimum atomic E-state index is -0.453. The zero-order valence-electron chi connectivity index (χ0n) is 11.6. The molecule has 0 atom stereocenters. The minimum absolute atomic E-state index is 0.0559. The number of pyridine rings is 1. The van der Waals surface area contributed by atoms with Crippen molar-refractivity contribution in [3.8, 4) is 0 Å². The van der Waals surface area contributed by atoms with E-state index in [4.69, 9.17) is 0 Å². The highest BCUT2D eigenvalue weighted by atomic mass is 19.1. The summed E-state index contributed by atoms with van der Waals surface area (Å²) < 4.78 is 13.5. The van der Waals surface area contributed by atoms with E-state index in [2.05, 4.69) is 10.3 Å². The van der Waals surface area contributed by atoms with Crippen LogP contribution in [-0.2, 0) is 6.54 Å². The molecule has 0 aliphatic rings. The third-order valence-corrected chi connectivity index (χ3v) is 3.40. The fraction of sp³-hybridized carbons (Fsp3) is 0.0588. The Labute approximate surface area is 125 Å². The molecule has 0 fully saturated rings. The van der Waals surface area contributed by atoms with Gasteiger partial charge in [-0.25, -0.2) is 4.39 Å². The largest absolute Gasteiger partial charge is 0.347 e. The van der Waals surface area contributed by atoms with Crippen molar-refractivity contribution in [2.75, 3.05) is 0 Å². The van der Waals surface area contributed by atoms with Gasteiger partial charge in [-0.05, 0) is 23.6 Å². The predicted molar refractivity (Wildman–Crippen MR) is 82.1 cm³/mol. The number of amides is 1. The van der Waals surface area contributed by atoms with E-state index in [9.17, 15) is 14.0 Å². The fourth-order valence-electron chi connectivity index (χ4n) is 2.25. The van der Waals surface area contributed by atoms with Gasteiger partial charge >= 0.3 is 0 Å². The molecule has 0 aliphatic heterocycles. The van der Waals surface area contributed by atoms with Gasteiger partial charge in [0.1, 0.15) is 11.5 Å². The summed E-state index contributed by atoms with van der Waals surface area (Å²) in [6.45, 7) is 0.0559. The molecule has 1 amide bonds. The molecule has 0 bridgehead atoms. The first kappa shape index (κ1) is 14.0. The van der Waals surface area contributed by atoms with E-state index in [1.54, 1.807) is 48.5 Å². The highest BCUT2D eigenvalue weighted by Crippen LogP contribution is 2.10. The normalized spacial score (nSPS) is 10.6. The van der Waals surface area contributed by atoms with Crippen LogP contribution in [0.5, 0.6) is 0 Å². The lowest BCUT2D eigenvalue weighted by Crippen LogP contribution is -2.26. The third-order valence-electron chi connectivity index (χ3n) is 3.40. The zero-order valence-corrected chi connectivity index (χ0v) is 11.6. The number of H-pyrrole nitrogens is 1. The number of aromatic nitrogens is 1. The van der Waals surface area contributed by atoms with Crippen LogP contribution in [0.4, 0.5) is 4.39 Å². The zero-order chi connectivity index (χ0) is 15.5. The van der Waals surface area contributed by atoms with Gasteiger partial charge < -0.3 is 10.3 Å². The Bertz CT molecular complexity index is 902. The molecule has 5 heteroatoms. The minimum Gasteiger partial charge on any atom is -0.347 e. The van der Waals surface area contributed by atoms with E-state index in [1.807, 2.05) is 0 Å². The van der Waals surface area contributed by atoms with E-state index >= 15 is 0 Å². The number of hydrogen-bond donors (Lipinski definition) is 2. The number of hydrogen-bond acceptors (Lipinski definition) is 2. The van der Waals surface area contributed by atoms with Gasteiger partial charge in [-0.15, -0.1) is 0 Å². The number of rotatable bonds is 3. The van der Waals surface area contributed by atoms with Crippen molar-refractivity contribution in [2.24, 2.45) is 0 Å². The van der Waals surface area contributed by atoms with Crippen molar-refractivity contribution in [3.05, 3.63) is 82.0 Å². The maximum absolute atomic E-state index is 13.5. The Balaban J connectivity index is 1.84. The van der Waals surface area contributed by atoms with Crippen molar-refractivity contribution >= 4 is 16.7 Å². The Morgan fingerprint density at radius 2 is 1.82 bits per heavy atom. The molecule has 0 aliphatic carbocycles. The summed E-state index contributed by atoms with van der Waals surface area (Å²) in [5, 5.41) is 3.80. The first-order valence-corrected chi connectivity index (χ1v) is 6.79. The monoisotopic (exact) mass is 296 g/mol. The molecule has 2 N–H and O–H groups in total. The maximum atomic E-state index is 13.5. The van der Waals surface area contributed by atoms with Gasteiger partial charge in [-0.2, -0.15) is 0 Å². The summed E-state index contributed by atoms with van der Waals surface area (Å²) in [5.74, 6) is -0.832. The first-order valence-electron chi connectivity index (χ1n) is 6.79. The van der Waals surface area contributed by atoms with E-state index in [1.165, 1.54) is 6.07 Å². The summed E-state index contributed by atoms with van der Waals surface area (Å²) in [4.78, 5) is 26.6. The molecule has 2 aromatic carbocycles. The quantitative estimate of drug-likeness (QED) is 0.780. The highest BCUT2D eigenvalue weighted by molar-refractivity contribution is 5.96. The number of carbonyl (C=O) groups is 1. The Hall–Kier alpha value is -2.95. The molecule has 0 saturated heterocycles. The second-order valence-electron chi connectivity index (χ2n) is 4.87. The molecule has 22 heavy (non-hydrogen) atoms. The van der Waals surface area contributed by atoms with Crippen LogP contribution in [0.15, 0.2) is 59.4 Å². The van der Waals surface area contributed by atoms with Gasteiger partial charge in [0.15, 0.2) is 0 Å². The van der Waals surface area contributed by atoms with Crippen LogP contribution in [-0.4, -0.2) is 10.9 Å². The molecule has 0 unspecified atom stereocenters. The average molecular weight is 296 g/mol. The van der Waals surface area contributed by atoms with Crippen LogP contribution in [0.1, 0.15) is 16.1 Å². The van der Waals surface area contributed by atoms with Gasteiger partial charge in [-0.1, -0.05) is 36.4 Å². The molecule has 1 heterocycles. The van der Waals surface area contributed by atoms with Crippen molar-refractivity contribution in [1.29, 1.82) is 0 Å². The van der Waals surface area contributed by atoms with Crippen molar-refractivity contribution in [3.63, 3.8) is 0 Å². The second-order valence-corrected chi connectivity index (χ2v) is 4.87. The average Bonchev–Trinajstić information content (AvgIpc) is 2.54. The maximum Gasteiger partial charge on any atom is 0.268 e. The molecule has 4 nitrogen and oxygen atoms in total. The smallest absolute Gasteiger partial charge is 0.268 e.